The number of rotatable bonds is 7. The molecule has 1 amide bonds. The first-order chi connectivity index (χ1) is 15.8. The molecule has 0 aliphatic carbocycles. The molecule has 3 aromatic carbocycles. The molecule has 168 valence electrons. The highest BCUT2D eigenvalue weighted by Gasteiger charge is 2.15. The molecule has 0 heterocycles. The van der Waals surface area contributed by atoms with Crippen LogP contribution in [-0.2, 0) is 11.4 Å². The van der Waals surface area contributed by atoms with Gasteiger partial charge in [-0.1, -0.05) is 59.6 Å². The first-order valence-electron chi connectivity index (χ1n) is 9.82. The standard InChI is InChI=1S/C25H18Cl2I2N2O2/c1-15(17-5-3-2-4-6-17)31-25(32)19(13-30)9-16-10-22(28)24(23(29)11-16)33-14-18-7-8-20(26)12-21(18)27/h2-12,15H,14H2,1H3,(H,31,32)/b19-9-/t15-/m1/s1. The highest BCUT2D eigenvalue weighted by Crippen LogP contribution is 2.31. The van der Waals surface area contributed by atoms with E-state index in [-0.39, 0.29) is 11.6 Å². The third-order valence-electron chi connectivity index (χ3n) is 4.73. The molecule has 0 saturated heterocycles. The summed E-state index contributed by atoms with van der Waals surface area (Å²) in [6, 6.07) is 20.4. The second-order valence-electron chi connectivity index (χ2n) is 7.11. The van der Waals surface area contributed by atoms with Crippen LogP contribution in [0.5, 0.6) is 5.75 Å². The van der Waals surface area contributed by atoms with Crippen LogP contribution in [0, 0.1) is 18.5 Å². The number of ether oxygens (including phenoxy) is 1. The number of halogens is 4. The zero-order valence-corrected chi connectivity index (χ0v) is 23.2. The van der Waals surface area contributed by atoms with Gasteiger partial charge in [0.1, 0.15) is 24.0 Å². The largest absolute Gasteiger partial charge is 0.487 e. The van der Waals surface area contributed by atoms with E-state index in [0.29, 0.717) is 22.4 Å². The number of nitriles is 1. The molecule has 4 nitrogen and oxygen atoms in total. The molecule has 3 aromatic rings. The van der Waals surface area contributed by atoms with Crippen molar-refractivity contribution in [3.63, 3.8) is 0 Å². The van der Waals surface area contributed by atoms with Crippen molar-refractivity contribution in [2.45, 2.75) is 19.6 Å². The Morgan fingerprint density at radius 2 is 1.79 bits per heavy atom. The Morgan fingerprint density at radius 3 is 2.39 bits per heavy atom. The van der Waals surface area contributed by atoms with Crippen molar-refractivity contribution in [2.24, 2.45) is 0 Å². The number of carbonyl (C=O) groups is 1. The van der Waals surface area contributed by atoms with Gasteiger partial charge in [0.15, 0.2) is 0 Å². The van der Waals surface area contributed by atoms with E-state index < -0.39 is 5.91 Å². The van der Waals surface area contributed by atoms with Crippen LogP contribution in [0.2, 0.25) is 10.0 Å². The minimum Gasteiger partial charge on any atom is -0.487 e. The summed E-state index contributed by atoms with van der Waals surface area (Å²) in [6.07, 6.45) is 1.58. The summed E-state index contributed by atoms with van der Waals surface area (Å²) in [6.45, 7) is 2.17. The average molecular weight is 703 g/mol. The van der Waals surface area contributed by atoms with Crippen molar-refractivity contribution in [2.75, 3.05) is 0 Å². The van der Waals surface area contributed by atoms with E-state index in [2.05, 4.69) is 50.5 Å². The fourth-order valence-electron chi connectivity index (χ4n) is 3.00. The van der Waals surface area contributed by atoms with E-state index in [1.807, 2.05) is 61.5 Å². The number of hydrogen-bond acceptors (Lipinski definition) is 3. The normalized spacial score (nSPS) is 12.1. The third-order valence-corrected chi connectivity index (χ3v) is 6.92. The minimum atomic E-state index is -0.420. The molecule has 0 aromatic heterocycles. The number of hydrogen-bond donors (Lipinski definition) is 1. The summed E-state index contributed by atoms with van der Waals surface area (Å²) in [5, 5.41) is 13.5. The van der Waals surface area contributed by atoms with Gasteiger partial charge in [0.2, 0.25) is 0 Å². The molecule has 0 saturated carbocycles. The van der Waals surface area contributed by atoms with E-state index in [1.54, 1.807) is 18.2 Å². The Labute approximate surface area is 230 Å². The van der Waals surface area contributed by atoms with Gasteiger partial charge in [-0.3, -0.25) is 4.79 Å². The van der Waals surface area contributed by atoms with Crippen LogP contribution in [0.25, 0.3) is 6.08 Å². The van der Waals surface area contributed by atoms with Crippen molar-refractivity contribution >= 4 is 80.4 Å². The van der Waals surface area contributed by atoms with Crippen molar-refractivity contribution in [1.82, 2.24) is 5.32 Å². The third kappa shape index (κ3) is 7.09. The molecule has 0 radical (unpaired) electrons. The zero-order valence-electron chi connectivity index (χ0n) is 17.4. The molecule has 1 atom stereocenters. The quantitative estimate of drug-likeness (QED) is 0.157. The number of nitrogens with one attached hydrogen (secondary N) is 1. The predicted molar refractivity (Wildman–Crippen MR) is 149 cm³/mol. The summed E-state index contributed by atoms with van der Waals surface area (Å²) in [5.41, 5.74) is 2.56. The van der Waals surface area contributed by atoms with Crippen molar-refractivity contribution in [1.29, 1.82) is 5.26 Å². The van der Waals surface area contributed by atoms with Gasteiger partial charge in [0.25, 0.3) is 5.91 Å². The second kappa shape index (κ2) is 12.1. The SMILES string of the molecule is C[C@@H](NC(=O)/C(C#N)=C\c1cc(I)c(OCc2ccc(Cl)cc2Cl)c(I)c1)c1ccccc1. The summed E-state index contributed by atoms with van der Waals surface area (Å²) in [7, 11) is 0. The zero-order chi connectivity index (χ0) is 24.0. The van der Waals surface area contributed by atoms with Gasteiger partial charge in [0, 0.05) is 15.6 Å². The highest BCUT2D eigenvalue weighted by atomic mass is 127. The molecular weight excluding hydrogens is 685 g/mol. The molecule has 1 N–H and O–H groups in total. The van der Waals surface area contributed by atoms with E-state index in [0.717, 1.165) is 23.8 Å². The molecule has 0 bridgehead atoms. The minimum absolute atomic E-state index is 0.0333. The first-order valence-corrected chi connectivity index (χ1v) is 12.7. The van der Waals surface area contributed by atoms with Crippen LogP contribution in [0.1, 0.15) is 29.7 Å². The molecule has 8 heteroatoms. The maximum absolute atomic E-state index is 12.7. The Morgan fingerprint density at radius 1 is 1.12 bits per heavy atom. The number of carbonyl (C=O) groups excluding carboxylic acids is 1. The summed E-state index contributed by atoms with van der Waals surface area (Å²) < 4.78 is 7.71. The predicted octanol–water partition coefficient (Wildman–Crippen LogP) is 7.57. The number of amides is 1. The smallest absolute Gasteiger partial charge is 0.262 e. The molecule has 0 unspecified atom stereocenters. The van der Waals surface area contributed by atoms with Crippen LogP contribution in [-0.4, -0.2) is 5.91 Å². The van der Waals surface area contributed by atoms with Gasteiger partial charge < -0.3 is 10.1 Å². The Bertz CT molecular complexity index is 1220. The van der Waals surface area contributed by atoms with E-state index >= 15 is 0 Å². The first kappa shape index (κ1) is 25.8. The molecule has 33 heavy (non-hydrogen) atoms. The lowest BCUT2D eigenvalue weighted by Gasteiger charge is -2.14. The molecule has 0 aliphatic heterocycles. The fraction of sp³-hybridized carbons (Fsp3) is 0.120. The molecule has 0 fully saturated rings. The van der Waals surface area contributed by atoms with Crippen molar-refractivity contribution in [3.05, 3.63) is 100 Å². The molecule has 0 aliphatic rings. The summed E-state index contributed by atoms with van der Waals surface area (Å²) in [5.74, 6) is 0.289. The summed E-state index contributed by atoms with van der Waals surface area (Å²) >= 11 is 16.5. The van der Waals surface area contributed by atoms with Gasteiger partial charge in [-0.15, -0.1) is 0 Å². The van der Waals surface area contributed by atoms with Gasteiger partial charge in [-0.25, -0.2) is 0 Å². The van der Waals surface area contributed by atoms with E-state index in [4.69, 9.17) is 27.9 Å². The van der Waals surface area contributed by atoms with Crippen LogP contribution in [0.15, 0.2) is 66.2 Å². The Hall–Kier alpha value is -1.80. The van der Waals surface area contributed by atoms with Crippen LogP contribution in [0.3, 0.4) is 0 Å². The lowest BCUT2D eigenvalue weighted by Crippen LogP contribution is -2.27. The highest BCUT2D eigenvalue weighted by molar-refractivity contribution is 14.1. The second-order valence-corrected chi connectivity index (χ2v) is 10.3. The topological polar surface area (TPSA) is 62.1 Å². The Kier molecular flexibility index (Phi) is 9.44. The number of benzene rings is 3. The summed E-state index contributed by atoms with van der Waals surface area (Å²) in [4.78, 5) is 12.7. The van der Waals surface area contributed by atoms with Gasteiger partial charge >= 0.3 is 0 Å². The molecule has 0 spiro atoms. The van der Waals surface area contributed by atoms with Crippen LogP contribution < -0.4 is 10.1 Å². The Balaban J connectivity index is 1.75. The number of nitrogens with zero attached hydrogens (tertiary/aromatic N) is 1. The van der Waals surface area contributed by atoms with Crippen LogP contribution >= 0.6 is 68.4 Å². The van der Waals surface area contributed by atoms with Crippen LogP contribution in [0.4, 0.5) is 0 Å². The van der Waals surface area contributed by atoms with Gasteiger partial charge in [0.05, 0.1) is 13.2 Å². The van der Waals surface area contributed by atoms with Crippen molar-refractivity contribution < 1.29 is 9.53 Å². The van der Waals surface area contributed by atoms with Crippen molar-refractivity contribution in [3.8, 4) is 11.8 Å². The molecular formula is C25H18Cl2I2N2O2. The maximum atomic E-state index is 12.7. The molecule has 3 rings (SSSR count). The lowest BCUT2D eigenvalue weighted by atomic mass is 10.1. The lowest BCUT2D eigenvalue weighted by molar-refractivity contribution is -0.117. The average Bonchev–Trinajstić information content (AvgIpc) is 2.78. The van der Waals surface area contributed by atoms with E-state index in [9.17, 15) is 10.1 Å². The van der Waals surface area contributed by atoms with Gasteiger partial charge in [-0.2, -0.15) is 5.26 Å². The maximum Gasteiger partial charge on any atom is 0.262 e. The monoisotopic (exact) mass is 702 g/mol. The van der Waals surface area contributed by atoms with E-state index in [1.165, 1.54) is 0 Å². The fourth-order valence-corrected chi connectivity index (χ4v) is 5.59. The van der Waals surface area contributed by atoms with Gasteiger partial charge in [-0.05, 0) is 93.6 Å².